The van der Waals surface area contributed by atoms with E-state index in [4.69, 9.17) is 0 Å². The number of hydrogen-bond acceptors (Lipinski definition) is 2. The Bertz CT molecular complexity index is 1960. The molecule has 5 aromatic carbocycles. The molecular weight excluding hydrogens is 800 g/mol. The van der Waals surface area contributed by atoms with E-state index in [0.29, 0.717) is 0 Å². The molecule has 2 aromatic heterocycles. The van der Waals surface area contributed by atoms with Gasteiger partial charge in [0, 0.05) is 73.6 Å². The average Bonchev–Trinajstić information content (AvgIpc) is 3.05. The van der Waals surface area contributed by atoms with Crippen molar-refractivity contribution in [2.75, 3.05) is 0 Å². The van der Waals surface area contributed by atoms with Crippen LogP contribution >= 0.6 is 0 Å². The molecule has 219 valence electrons. The van der Waals surface area contributed by atoms with Gasteiger partial charge in [-0.3, -0.25) is 23.3 Å². The van der Waals surface area contributed by atoms with E-state index in [-0.39, 0.29) is 66.6 Å². The molecule has 7 aromatic rings. The monoisotopic (exact) mass is 831 g/mol. The summed E-state index contributed by atoms with van der Waals surface area (Å²) in [5.74, 6) is 0. The predicted molar refractivity (Wildman–Crippen MR) is 180 cm³/mol. The summed E-state index contributed by atoms with van der Waals surface area (Å²) in [5, 5.41) is 4.79. The minimum absolute atomic E-state index is 0. The van der Waals surface area contributed by atoms with Gasteiger partial charge in [0.05, 0.1) is 0 Å². The molecule has 0 amide bonds. The molecular formula is C40H30BIrN2Y-4. The fourth-order valence-electron chi connectivity index (χ4n) is 4.85. The van der Waals surface area contributed by atoms with Crippen LogP contribution in [0, 0.1) is 24.3 Å². The number of fused-ring (bicyclic) bond motifs is 3. The van der Waals surface area contributed by atoms with Crippen molar-refractivity contribution in [3.05, 3.63) is 157 Å². The van der Waals surface area contributed by atoms with Crippen molar-refractivity contribution in [3.63, 3.8) is 0 Å². The molecule has 0 aliphatic heterocycles. The fourth-order valence-corrected chi connectivity index (χ4v) is 4.85. The van der Waals surface area contributed by atoms with E-state index in [1.807, 2.05) is 60.8 Å². The summed E-state index contributed by atoms with van der Waals surface area (Å²) in [6, 6.07) is 52.4. The third-order valence-electron chi connectivity index (χ3n) is 7.21. The Balaban J connectivity index is 0.000000254. The molecule has 2 nitrogen and oxygen atoms in total. The van der Waals surface area contributed by atoms with Crippen LogP contribution in [0.3, 0.4) is 0 Å². The molecule has 0 saturated heterocycles. The normalized spacial score (nSPS) is 10.5. The maximum atomic E-state index is 4.48. The minimum atomic E-state index is 0. The first-order valence-electron chi connectivity index (χ1n) is 14.1. The first-order valence-corrected chi connectivity index (χ1v) is 14.1. The van der Waals surface area contributed by atoms with Gasteiger partial charge < -0.3 is 16.0 Å². The third-order valence-corrected chi connectivity index (χ3v) is 7.21. The number of hydrogen-bond donors (Lipinski definition) is 0. The van der Waals surface area contributed by atoms with Crippen molar-refractivity contribution in [3.8, 4) is 33.6 Å². The van der Waals surface area contributed by atoms with E-state index in [1.165, 1.54) is 21.7 Å². The van der Waals surface area contributed by atoms with Crippen molar-refractivity contribution in [1.29, 1.82) is 0 Å². The van der Waals surface area contributed by atoms with E-state index in [0.717, 1.165) is 39.0 Å². The van der Waals surface area contributed by atoms with Crippen molar-refractivity contribution in [1.82, 2.24) is 9.97 Å². The van der Waals surface area contributed by atoms with Gasteiger partial charge in [0.1, 0.15) is 0 Å². The van der Waals surface area contributed by atoms with Gasteiger partial charge in [-0.1, -0.05) is 97.2 Å². The molecule has 5 radical (unpaired) electrons. The molecule has 0 N–H and O–H groups in total. The van der Waals surface area contributed by atoms with Gasteiger partial charge in [-0.25, -0.2) is 6.07 Å². The van der Waals surface area contributed by atoms with Gasteiger partial charge in [-0.05, 0) is 22.7 Å². The first-order chi connectivity index (χ1) is 20.5. The zero-order chi connectivity index (χ0) is 28.9. The first kappa shape index (κ1) is 36.2. The minimum Gasteiger partial charge on any atom is -0.352 e. The number of rotatable bonds is 3. The molecule has 0 bridgehead atoms. The van der Waals surface area contributed by atoms with Crippen LogP contribution < -0.4 is 0 Å². The molecule has 0 aliphatic rings. The summed E-state index contributed by atoms with van der Waals surface area (Å²) in [7, 11) is 0. The fraction of sp³-hybridized carbons (Fsp3) is 0.100. The standard InChI is InChI=1S/C25H14N.C15H16N.B.Ir.Y/c1-2-9-23-18(6-1)11-12-19-13-14-21(17-24(19)23)20-7-5-8-22(16-20)25-10-3-4-15-26-25;1-15(2,3)13-9-10-14(16-11-13)12-7-5-4-6-8-12;;;/h1-7,9-15H;4-7,9-11H,1-3H3;;;/q-3;-1;;;. The van der Waals surface area contributed by atoms with Gasteiger partial charge in [0.15, 0.2) is 0 Å². The number of nitrogens with zero attached hydrogens (tertiary/aromatic N) is 2. The van der Waals surface area contributed by atoms with E-state index in [1.54, 1.807) is 6.20 Å². The quantitative estimate of drug-likeness (QED) is 0.101. The van der Waals surface area contributed by atoms with Crippen molar-refractivity contribution < 1.29 is 52.8 Å². The SMILES string of the molecule is CC(C)(C)c1ccc(-c2[c-]cccc2)nc1.[B].[Ir].[Y].[c-]1ccc(-c2[c-]c3c(cc2)ccc2ccccc23)[c-]c1-c1ccccn1. The van der Waals surface area contributed by atoms with E-state index in [2.05, 4.69) is 116 Å². The van der Waals surface area contributed by atoms with Crippen molar-refractivity contribution in [2.45, 2.75) is 26.2 Å². The van der Waals surface area contributed by atoms with E-state index in [9.17, 15) is 0 Å². The second-order valence-electron chi connectivity index (χ2n) is 11.2. The molecule has 0 aliphatic carbocycles. The Morgan fingerprint density at radius 3 is 2.02 bits per heavy atom. The van der Waals surface area contributed by atoms with Crippen LogP contribution in [0.15, 0.2) is 128 Å². The molecule has 0 unspecified atom stereocenters. The Morgan fingerprint density at radius 2 is 1.31 bits per heavy atom. The summed E-state index contributed by atoms with van der Waals surface area (Å²) in [6.07, 6.45) is 3.74. The zero-order valence-electron chi connectivity index (χ0n) is 25.5. The van der Waals surface area contributed by atoms with Gasteiger partial charge >= 0.3 is 0 Å². The van der Waals surface area contributed by atoms with Crippen LogP contribution in [0.4, 0.5) is 0 Å². The molecule has 0 spiro atoms. The Hall–Kier alpha value is -3.26. The zero-order valence-corrected chi connectivity index (χ0v) is 30.7. The summed E-state index contributed by atoms with van der Waals surface area (Å²) < 4.78 is 0. The van der Waals surface area contributed by atoms with Crippen LogP contribution in [0.1, 0.15) is 26.3 Å². The second-order valence-corrected chi connectivity index (χ2v) is 11.2. The Morgan fingerprint density at radius 1 is 0.578 bits per heavy atom. The maximum Gasteiger partial charge on any atom is 0.0198 e. The summed E-state index contributed by atoms with van der Waals surface area (Å²) in [5.41, 5.74) is 7.21. The van der Waals surface area contributed by atoms with Gasteiger partial charge in [-0.15, -0.1) is 65.5 Å². The Kier molecular flexibility index (Phi) is 13.2. The third kappa shape index (κ3) is 8.72. The predicted octanol–water partition coefficient (Wildman–Crippen LogP) is 9.58. The molecule has 2 heterocycles. The molecule has 7 rings (SSSR count). The molecule has 0 saturated carbocycles. The number of benzene rings is 5. The van der Waals surface area contributed by atoms with Crippen LogP contribution in [-0.4, -0.2) is 18.4 Å². The van der Waals surface area contributed by atoms with Crippen molar-refractivity contribution in [2.24, 2.45) is 0 Å². The largest absolute Gasteiger partial charge is 0.352 e. The van der Waals surface area contributed by atoms with Crippen LogP contribution in [0.2, 0.25) is 0 Å². The molecule has 45 heavy (non-hydrogen) atoms. The number of aromatic nitrogens is 2. The van der Waals surface area contributed by atoms with Gasteiger partial charge in [0.25, 0.3) is 0 Å². The summed E-state index contributed by atoms with van der Waals surface area (Å²) in [6.45, 7) is 6.58. The number of pyridine rings is 2. The van der Waals surface area contributed by atoms with E-state index < -0.39 is 0 Å². The van der Waals surface area contributed by atoms with E-state index >= 15 is 0 Å². The maximum absolute atomic E-state index is 4.48. The molecule has 0 atom stereocenters. The van der Waals surface area contributed by atoms with Crippen LogP contribution in [-0.2, 0) is 58.2 Å². The smallest absolute Gasteiger partial charge is 0.0198 e. The second kappa shape index (κ2) is 16.3. The topological polar surface area (TPSA) is 25.8 Å². The molecule has 5 heteroatoms. The van der Waals surface area contributed by atoms with Gasteiger partial charge in [0.2, 0.25) is 0 Å². The van der Waals surface area contributed by atoms with Crippen molar-refractivity contribution >= 4 is 30.0 Å². The van der Waals surface area contributed by atoms with Crippen LogP contribution in [0.25, 0.3) is 55.2 Å². The molecule has 0 fully saturated rings. The van der Waals surface area contributed by atoms with Crippen LogP contribution in [0.5, 0.6) is 0 Å². The average molecular weight is 831 g/mol. The van der Waals surface area contributed by atoms with Gasteiger partial charge in [-0.2, -0.15) is 5.56 Å². The summed E-state index contributed by atoms with van der Waals surface area (Å²) in [4.78, 5) is 8.89. The summed E-state index contributed by atoms with van der Waals surface area (Å²) >= 11 is 0. The Labute approximate surface area is 307 Å².